The van der Waals surface area contributed by atoms with Crippen molar-refractivity contribution in [2.75, 3.05) is 0 Å². The van der Waals surface area contributed by atoms with Crippen LogP contribution < -0.4 is 9.47 Å². The second-order valence-electron chi connectivity index (χ2n) is 4.56. The fourth-order valence-corrected chi connectivity index (χ4v) is 1.91. The number of carbonyl (C=O) groups excluding carboxylic acids is 1. The molecule has 0 radical (unpaired) electrons. The molecule has 0 aliphatic rings. The Morgan fingerprint density at radius 3 is 2.57 bits per heavy atom. The van der Waals surface area contributed by atoms with Gasteiger partial charge in [-0.1, -0.05) is 36.9 Å². The summed E-state index contributed by atoms with van der Waals surface area (Å²) in [5, 5.41) is 9.79. The van der Waals surface area contributed by atoms with Crippen molar-refractivity contribution < 1.29 is 19.4 Å². The third-order valence-corrected chi connectivity index (χ3v) is 2.96. The van der Waals surface area contributed by atoms with Crippen LogP contribution in [-0.2, 0) is 11.4 Å². The molecule has 0 aromatic heterocycles. The van der Waals surface area contributed by atoms with E-state index in [9.17, 15) is 9.90 Å². The summed E-state index contributed by atoms with van der Waals surface area (Å²) in [7, 11) is 0. The molecule has 108 valence electrons. The van der Waals surface area contributed by atoms with Crippen molar-refractivity contribution >= 4 is 12.5 Å². The summed E-state index contributed by atoms with van der Waals surface area (Å²) in [6.07, 6.45) is 1.76. The van der Waals surface area contributed by atoms with Crippen LogP contribution in [0.2, 0.25) is 0 Å². The van der Waals surface area contributed by atoms with Crippen molar-refractivity contribution in [3.63, 3.8) is 0 Å². The summed E-state index contributed by atoms with van der Waals surface area (Å²) >= 11 is 0. The molecule has 4 heteroatoms. The number of rotatable bonds is 6. The van der Waals surface area contributed by atoms with E-state index in [1.807, 2.05) is 31.2 Å². The Balaban J connectivity index is 2.18. The second-order valence-corrected chi connectivity index (χ2v) is 4.56. The van der Waals surface area contributed by atoms with E-state index in [1.54, 1.807) is 12.1 Å². The van der Waals surface area contributed by atoms with Gasteiger partial charge in [-0.3, -0.25) is 4.79 Å². The van der Waals surface area contributed by atoms with Crippen LogP contribution in [0.3, 0.4) is 0 Å². The Hall–Kier alpha value is -2.75. The molecule has 0 spiro atoms. The molecule has 0 aliphatic heterocycles. The van der Waals surface area contributed by atoms with Gasteiger partial charge in [0.2, 0.25) is 5.75 Å². The van der Waals surface area contributed by atoms with E-state index in [4.69, 9.17) is 9.47 Å². The number of hydrogen-bond donors (Lipinski definition) is 1. The van der Waals surface area contributed by atoms with Crippen molar-refractivity contribution in [2.24, 2.45) is 0 Å². The van der Waals surface area contributed by atoms with Gasteiger partial charge in [0, 0.05) is 0 Å². The molecule has 0 bridgehead atoms. The summed E-state index contributed by atoms with van der Waals surface area (Å²) in [6, 6.07) is 10.9. The number of aromatic hydroxyl groups is 1. The highest BCUT2D eigenvalue weighted by molar-refractivity contribution is 5.58. The molecule has 21 heavy (non-hydrogen) atoms. The van der Waals surface area contributed by atoms with Gasteiger partial charge in [0.25, 0.3) is 6.47 Å². The Bertz CT molecular complexity index is 645. The zero-order valence-corrected chi connectivity index (χ0v) is 11.7. The molecule has 4 nitrogen and oxygen atoms in total. The summed E-state index contributed by atoms with van der Waals surface area (Å²) in [4.78, 5) is 10.5. The summed E-state index contributed by atoms with van der Waals surface area (Å²) in [5.74, 6) is 0.227. The minimum atomic E-state index is -0.126. The van der Waals surface area contributed by atoms with Crippen molar-refractivity contribution in [3.8, 4) is 17.2 Å². The van der Waals surface area contributed by atoms with Gasteiger partial charge in [0.05, 0.1) is 0 Å². The van der Waals surface area contributed by atoms with Crippen LogP contribution in [0, 0.1) is 6.92 Å². The molecule has 2 aromatic carbocycles. The lowest BCUT2D eigenvalue weighted by Crippen LogP contribution is -1.99. The maximum Gasteiger partial charge on any atom is 0.298 e. The quantitative estimate of drug-likeness (QED) is 0.825. The fraction of sp³-hybridized carbons (Fsp3) is 0.118. The molecule has 2 rings (SSSR count). The average molecular weight is 284 g/mol. The Kier molecular flexibility index (Phi) is 4.61. The first-order valence-electron chi connectivity index (χ1n) is 6.42. The SMILES string of the molecule is C=Cc1ccc(COc2cc(C)cc(O)c2OC=O)cc1. The van der Waals surface area contributed by atoms with Crippen LogP contribution in [0.4, 0.5) is 0 Å². The maximum absolute atomic E-state index is 10.5. The summed E-state index contributed by atoms with van der Waals surface area (Å²) in [6.45, 7) is 6.07. The Morgan fingerprint density at radius 2 is 1.95 bits per heavy atom. The predicted octanol–water partition coefficient (Wildman–Crippen LogP) is 3.46. The first-order valence-corrected chi connectivity index (χ1v) is 6.42. The van der Waals surface area contributed by atoms with Gasteiger partial charge in [0.1, 0.15) is 6.61 Å². The third-order valence-electron chi connectivity index (χ3n) is 2.96. The first-order chi connectivity index (χ1) is 10.1. The molecule has 0 aliphatic carbocycles. The van der Waals surface area contributed by atoms with E-state index in [0.717, 1.165) is 16.7 Å². The Labute approximate surface area is 123 Å². The minimum absolute atomic E-state index is 0.0262. The highest BCUT2D eigenvalue weighted by Crippen LogP contribution is 2.37. The number of phenols is 1. The minimum Gasteiger partial charge on any atom is -0.504 e. The van der Waals surface area contributed by atoms with E-state index >= 15 is 0 Å². The van der Waals surface area contributed by atoms with E-state index < -0.39 is 0 Å². The number of carbonyl (C=O) groups is 1. The fourth-order valence-electron chi connectivity index (χ4n) is 1.91. The van der Waals surface area contributed by atoms with Crippen LogP contribution in [0.5, 0.6) is 17.2 Å². The number of phenolic OH excluding ortho intramolecular Hbond substituents is 1. The van der Waals surface area contributed by atoms with Crippen LogP contribution in [0.15, 0.2) is 43.0 Å². The van der Waals surface area contributed by atoms with E-state index in [2.05, 4.69) is 6.58 Å². The lowest BCUT2D eigenvalue weighted by molar-refractivity contribution is -0.120. The highest BCUT2D eigenvalue weighted by Gasteiger charge is 2.12. The normalized spacial score (nSPS) is 9.95. The molecule has 0 saturated heterocycles. The highest BCUT2D eigenvalue weighted by atomic mass is 16.5. The smallest absolute Gasteiger partial charge is 0.298 e. The van der Waals surface area contributed by atoms with Gasteiger partial charge in [-0.15, -0.1) is 0 Å². The lowest BCUT2D eigenvalue weighted by Gasteiger charge is -2.12. The lowest BCUT2D eigenvalue weighted by atomic mass is 10.1. The predicted molar refractivity (Wildman–Crippen MR) is 80.4 cm³/mol. The molecule has 0 saturated carbocycles. The zero-order valence-electron chi connectivity index (χ0n) is 11.7. The van der Waals surface area contributed by atoms with E-state index in [1.165, 1.54) is 6.07 Å². The number of ether oxygens (including phenoxy) is 2. The molecule has 0 amide bonds. The second kappa shape index (κ2) is 6.61. The third kappa shape index (κ3) is 3.63. The first kappa shape index (κ1) is 14.7. The standard InChI is InChI=1S/C17H16O4/c1-3-13-4-6-14(7-5-13)10-20-16-9-12(2)8-15(19)17(16)21-11-18/h3-9,11,19H,1,10H2,2H3. The van der Waals surface area contributed by atoms with Gasteiger partial charge >= 0.3 is 0 Å². The monoisotopic (exact) mass is 284 g/mol. The Morgan fingerprint density at radius 1 is 1.24 bits per heavy atom. The average Bonchev–Trinajstić information content (AvgIpc) is 2.48. The van der Waals surface area contributed by atoms with Gasteiger partial charge in [-0.05, 0) is 35.7 Å². The van der Waals surface area contributed by atoms with Crippen LogP contribution in [0.1, 0.15) is 16.7 Å². The van der Waals surface area contributed by atoms with E-state index in [-0.39, 0.29) is 18.0 Å². The number of hydrogen-bond acceptors (Lipinski definition) is 4. The summed E-state index contributed by atoms with van der Waals surface area (Å²) in [5.41, 5.74) is 2.79. The van der Waals surface area contributed by atoms with Gasteiger partial charge < -0.3 is 14.6 Å². The van der Waals surface area contributed by atoms with Crippen molar-refractivity contribution in [2.45, 2.75) is 13.5 Å². The zero-order chi connectivity index (χ0) is 15.2. The molecule has 0 unspecified atom stereocenters. The molecule has 0 heterocycles. The molecular weight excluding hydrogens is 268 g/mol. The van der Waals surface area contributed by atoms with Crippen molar-refractivity contribution in [1.82, 2.24) is 0 Å². The van der Waals surface area contributed by atoms with Crippen LogP contribution in [-0.4, -0.2) is 11.6 Å². The van der Waals surface area contributed by atoms with Gasteiger partial charge in [-0.2, -0.15) is 0 Å². The number of benzene rings is 2. The van der Waals surface area contributed by atoms with Gasteiger partial charge in [-0.25, -0.2) is 0 Å². The largest absolute Gasteiger partial charge is 0.504 e. The van der Waals surface area contributed by atoms with Crippen molar-refractivity contribution in [1.29, 1.82) is 0 Å². The molecule has 1 N–H and O–H groups in total. The topological polar surface area (TPSA) is 55.8 Å². The van der Waals surface area contributed by atoms with Crippen LogP contribution in [0.25, 0.3) is 6.08 Å². The van der Waals surface area contributed by atoms with Gasteiger partial charge in [0.15, 0.2) is 11.5 Å². The van der Waals surface area contributed by atoms with Crippen molar-refractivity contribution in [3.05, 3.63) is 59.7 Å². The summed E-state index contributed by atoms with van der Waals surface area (Å²) < 4.78 is 10.4. The molecule has 0 atom stereocenters. The van der Waals surface area contributed by atoms with Crippen LogP contribution >= 0.6 is 0 Å². The van der Waals surface area contributed by atoms with E-state index in [0.29, 0.717) is 12.4 Å². The molecule has 2 aromatic rings. The number of aryl methyl sites for hydroxylation is 1. The molecule has 0 fully saturated rings. The maximum atomic E-state index is 10.5. The molecular formula is C17H16O4.